The van der Waals surface area contributed by atoms with Gasteiger partial charge in [-0.05, 0) is 38.1 Å². The third kappa shape index (κ3) is 4.33. The summed E-state index contributed by atoms with van der Waals surface area (Å²) in [5.41, 5.74) is 1.02. The van der Waals surface area contributed by atoms with Crippen LogP contribution in [0.25, 0.3) is 22.4 Å². The van der Waals surface area contributed by atoms with Gasteiger partial charge in [0.1, 0.15) is 0 Å². The second-order valence-electron chi connectivity index (χ2n) is 8.14. The van der Waals surface area contributed by atoms with Gasteiger partial charge in [0.05, 0.1) is 40.9 Å². The van der Waals surface area contributed by atoms with Gasteiger partial charge < -0.3 is 9.15 Å². The van der Waals surface area contributed by atoms with Crippen LogP contribution in [-0.4, -0.2) is 58.0 Å². The quantitative estimate of drug-likeness (QED) is 0.384. The fourth-order valence-corrected chi connectivity index (χ4v) is 5.89. The Hall–Kier alpha value is -2.60. The second kappa shape index (κ2) is 8.64. The van der Waals surface area contributed by atoms with E-state index in [0.29, 0.717) is 39.3 Å². The molecule has 11 heteroatoms. The van der Waals surface area contributed by atoms with E-state index in [1.165, 1.54) is 6.20 Å². The van der Waals surface area contributed by atoms with Gasteiger partial charge in [-0.15, -0.1) is 10.2 Å². The lowest BCUT2D eigenvalue weighted by Gasteiger charge is -2.34. The molecule has 1 saturated heterocycles. The Morgan fingerprint density at radius 2 is 1.82 bits per heavy atom. The minimum Gasteiger partial charge on any atom is -0.419 e. The highest BCUT2D eigenvalue weighted by molar-refractivity contribution is 9.10. The van der Waals surface area contributed by atoms with Crippen LogP contribution in [0.5, 0.6) is 0 Å². The minimum absolute atomic E-state index is 0.137. The third-order valence-electron chi connectivity index (χ3n) is 5.44. The molecule has 0 amide bonds. The lowest BCUT2D eigenvalue weighted by molar-refractivity contribution is -0.0721. The molecule has 0 spiro atoms. The molecule has 33 heavy (non-hydrogen) atoms. The molecule has 0 unspecified atom stereocenters. The topological polar surface area (TPSA) is 103 Å². The van der Waals surface area contributed by atoms with E-state index in [1.807, 2.05) is 19.9 Å². The first-order chi connectivity index (χ1) is 15.8. The van der Waals surface area contributed by atoms with Crippen LogP contribution in [0.1, 0.15) is 19.7 Å². The predicted molar refractivity (Wildman–Crippen MR) is 125 cm³/mol. The second-order valence-corrected chi connectivity index (χ2v) is 10.8. The van der Waals surface area contributed by atoms with Gasteiger partial charge in [0.25, 0.3) is 10.0 Å². The van der Waals surface area contributed by atoms with Crippen LogP contribution < -0.4 is 0 Å². The molecule has 4 aromatic rings. The first kappa shape index (κ1) is 22.2. The number of nitrogens with zero attached hydrogens (tertiary/aromatic N) is 5. The van der Waals surface area contributed by atoms with Crippen molar-refractivity contribution in [1.29, 1.82) is 0 Å². The summed E-state index contributed by atoms with van der Waals surface area (Å²) >= 11 is 3.47. The molecule has 172 valence electrons. The van der Waals surface area contributed by atoms with Crippen molar-refractivity contribution in [2.24, 2.45) is 0 Å². The molecule has 0 radical (unpaired) electrons. The summed E-state index contributed by atoms with van der Waals surface area (Å²) in [5.74, 6) is 0.797. The maximum atomic E-state index is 13.2. The molecule has 1 fully saturated rings. The van der Waals surface area contributed by atoms with E-state index in [1.54, 1.807) is 36.4 Å². The number of fused-ring (bicyclic) bond motifs is 1. The Morgan fingerprint density at radius 3 is 2.55 bits per heavy atom. The Kier molecular flexibility index (Phi) is 5.81. The lowest BCUT2D eigenvalue weighted by atomic mass is 10.1. The van der Waals surface area contributed by atoms with Gasteiger partial charge in [-0.1, -0.05) is 34.1 Å². The van der Waals surface area contributed by atoms with E-state index in [-0.39, 0.29) is 17.1 Å². The van der Waals surface area contributed by atoms with Crippen LogP contribution in [0.2, 0.25) is 0 Å². The summed E-state index contributed by atoms with van der Waals surface area (Å²) < 4.78 is 39.8. The maximum Gasteiger partial charge on any atom is 0.283 e. The molecule has 2 aromatic heterocycles. The molecule has 2 atom stereocenters. The molecular formula is C22H22BrN5O4S. The molecule has 0 saturated carbocycles. The van der Waals surface area contributed by atoms with Crippen LogP contribution in [0.3, 0.4) is 0 Å². The van der Waals surface area contributed by atoms with Crippen molar-refractivity contribution >= 4 is 36.9 Å². The number of ether oxygens (including phenoxy) is 1. The molecule has 9 nitrogen and oxygen atoms in total. The van der Waals surface area contributed by atoms with Gasteiger partial charge in [-0.3, -0.25) is 4.90 Å². The number of morpholine rings is 1. The smallest absolute Gasteiger partial charge is 0.283 e. The molecule has 1 aliphatic heterocycles. The van der Waals surface area contributed by atoms with E-state index in [4.69, 9.17) is 9.15 Å². The molecule has 1 aliphatic rings. The monoisotopic (exact) mass is 531 g/mol. The van der Waals surface area contributed by atoms with Crippen molar-refractivity contribution in [3.63, 3.8) is 0 Å². The molecule has 2 aromatic carbocycles. The molecule has 0 aliphatic carbocycles. The van der Waals surface area contributed by atoms with Crippen molar-refractivity contribution in [3.05, 3.63) is 59.0 Å². The summed E-state index contributed by atoms with van der Waals surface area (Å²) in [5, 5.41) is 13.2. The summed E-state index contributed by atoms with van der Waals surface area (Å²) in [4.78, 5) is 2.38. The van der Waals surface area contributed by atoms with Crippen LogP contribution >= 0.6 is 15.9 Å². The van der Waals surface area contributed by atoms with Crippen LogP contribution in [0, 0.1) is 0 Å². The Labute approximate surface area is 199 Å². The lowest BCUT2D eigenvalue weighted by Crippen LogP contribution is -2.44. The van der Waals surface area contributed by atoms with Gasteiger partial charge in [0.15, 0.2) is 0 Å². The maximum absolute atomic E-state index is 13.2. The van der Waals surface area contributed by atoms with Crippen molar-refractivity contribution in [2.75, 3.05) is 13.1 Å². The summed E-state index contributed by atoms with van der Waals surface area (Å²) in [6.07, 6.45) is 1.78. The largest absolute Gasteiger partial charge is 0.419 e. The first-order valence-electron chi connectivity index (χ1n) is 10.5. The van der Waals surface area contributed by atoms with Crippen molar-refractivity contribution in [2.45, 2.75) is 37.5 Å². The SMILES string of the molecule is C[C@@H]1CN(Cc2nnc(-c3cc(Br)cc4c3cnn4S(=O)(=O)c3ccccc3)o2)C[C@H](C)O1. The highest BCUT2D eigenvalue weighted by Crippen LogP contribution is 2.33. The minimum atomic E-state index is -3.86. The summed E-state index contributed by atoms with van der Waals surface area (Å²) in [6, 6.07) is 11.7. The van der Waals surface area contributed by atoms with E-state index in [9.17, 15) is 8.42 Å². The Bertz CT molecular complexity index is 1390. The van der Waals surface area contributed by atoms with Crippen LogP contribution in [0.15, 0.2) is 62.4 Å². The normalized spacial score (nSPS) is 19.8. The number of benzene rings is 2. The van der Waals surface area contributed by atoms with Crippen molar-refractivity contribution < 1.29 is 17.6 Å². The summed E-state index contributed by atoms with van der Waals surface area (Å²) in [6.45, 7) is 6.17. The number of hydrogen-bond donors (Lipinski definition) is 0. The van der Waals surface area contributed by atoms with Gasteiger partial charge in [0, 0.05) is 22.9 Å². The van der Waals surface area contributed by atoms with E-state index < -0.39 is 10.0 Å². The van der Waals surface area contributed by atoms with Gasteiger partial charge >= 0.3 is 0 Å². The van der Waals surface area contributed by atoms with E-state index in [0.717, 1.165) is 17.2 Å². The molecule has 5 rings (SSSR count). The number of hydrogen-bond acceptors (Lipinski definition) is 8. The zero-order chi connectivity index (χ0) is 23.2. The molecule has 0 bridgehead atoms. The number of rotatable bonds is 5. The Morgan fingerprint density at radius 1 is 1.09 bits per heavy atom. The number of halogens is 1. The molecule has 0 N–H and O–H groups in total. The van der Waals surface area contributed by atoms with E-state index >= 15 is 0 Å². The number of aromatic nitrogens is 4. The first-order valence-corrected chi connectivity index (χ1v) is 12.7. The van der Waals surface area contributed by atoms with Gasteiger partial charge in [-0.2, -0.15) is 17.6 Å². The fraction of sp³-hybridized carbons (Fsp3) is 0.318. The fourth-order valence-electron chi connectivity index (χ4n) is 4.16. The van der Waals surface area contributed by atoms with Crippen LogP contribution in [-0.2, 0) is 21.3 Å². The predicted octanol–water partition coefficient (Wildman–Crippen LogP) is 3.70. The van der Waals surface area contributed by atoms with Crippen LogP contribution in [0.4, 0.5) is 0 Å². The Balaban J connectivity index is 1.50. The summed E-state index contributed by atoms with van der Waals surface area (Å²) in [7, 11) is -3.86. The van der Waals surface area contributed by atoms with Gasteiger partial charge in [-0.25, -0.2) is 0 Å². The standard InChI is InChI=1S/C22H22BrN5O4S/c1-14-11-27(12-15(2)31-14)13-21-25-26-22(32-21)18-8-16(23)9-20-19(18)10-24-28(20)33(29,30)17-6-4-3-5-7-17/h3-10,14-15H,11-13H2,1-2H3/t14-,15+. The average Bonchev–Trinajstić information content (AvgIpc) is 3.40. The van der Waals surface area contributed by atoms with Crippen molar-refractivity contribution in [1.82, 2.24) is 24.3 Å². The third-order valence-corrected chi connectivity index (χ3v) is 7.51. The average molecular weight is 532 g/mol. The molecule has 3 heterocycles. The zero-order valence-corrected chi connectivity index (χ0v) is 20.5. The molecular weight excluding hydrogens is 510 g/mol. The van der Waals surface area contributed by atoms with E-state index in [2.05, 4.69) is 36.1 Å². The highest BCUT2D eigenvalue weighted by Gasteiger charge is 2.25. The zero-order valence-electron chi connectivity index (χ0n) is 18.1. The highest BCUT2D eigenvalue weighted by atomic mass is 79.9. The van der Waals surface area contributed by atoms with Crippen molar-refractivity contribution in [3.8, 4) is 11.5 Å². The van der Waals surface area contributed by atoms with Gasteiger partial charge in [0.2, 0.25) is 11.8 Å².